The van der Waals surface area contributed by atoms with E-state index in [1.807, 2.05) is 0 Å². The Morgan fingerprint density at radius 2 is 1.73 bits per heavy atom. The van der Waals surface area contributed by atoms with Crippen LogP contribution >= 0.6 is 0 Å². The summed E-state index contributed by atoms with van der Waals surface area (Å²) < 4.78 is 86.6. The summed E-state index contributed by atoms with van der Waals surface area (Å²) >= 11 is 0. The van der Waals surface area contributed by atoms with Crippen LogP contribution in [0.15, 0.2) is 17.4 Å². The molecule has 0 spiro atoms. The first-order valence-corrected chi connectivity index (χ1v) is 10.9. The molecule has 0 unspecified atom stereocenters. The van der Waals surface area contributed by atoms with E-state index in [0.717, 1.165) is 9.47 Å². The van der Waals surface area contributed by atoms with Crippen LogP contribution < -0.4 is 0 Å². The number of halogens is 6. The van der Waals surface area contributed by atoms with Crippen LogP contribution in [0.1, 0.15) is 44.4 Å². The smallest absolute Gasteiger partial charge is 0.442 e. The molecule has 1 aromatic carbocycles. The number of alkyl halides is 3. The van der Waals surface area contributed by atoms with Crippen molar-refractivity contribution in [1.29, 1.82) is 0 Å². The van der Waals surface area contributed by atoms with E-state index < -0.39 is 71.5 Å². The highest BCUT2D eigenvalue weighted by atomic mass is 19.4. The molecule has 0 radical (unpaired) electrons. The van der Waals surface area contributed by atoms with Crippen molar-refractivity contribution < 1.29 is 40.7 Å². The Morgan fingerprint density at radius 1 is 1.08 bits per heavy atom. The molecule has 1 aromatic heterocycles. The van der Waals surface area contributed by atoms with Crippen molar-refractivity contribution in [1.82, 2.24) is 24.7 Å². The molecular weight excluding hydrogens is 514 g/mol. The van der Waals surface area contributed by atoms with Gasteiger partial charge in [0.15, 0.2) is 17.5 Å². The third-order valence-electron chi connectivity index (χ3n) is 5.33. The van der Waals surface area contributed by atoms with Gasteiger partial charge in [-0.15, -0.1) is 15.1 Å². The molecule has 0 saturated heterocycles. The van der Waals surface area contributed by atoms with E-state index in [9.17, 15) is 40.8 Å². The molecule has 3 rings (SSSR count). The average Bonchev–Trinajstić information content (AvgIpc) is 3.20. The maximum atomic E-state index is 14.3. The number of fused-ring (bicyclic) bond motifs is 1. The Hall–Kier alpha value is -3.72. The number of carbonyl (C=O) groups excluding carboxylic acids is 2. The highest BCUT2D eigenvalue weighted by molar-refractivity contribution is 5.78. The lowest BCUT2D eigenvalue weighted by Crippen LogP contribution is -2.46. The molecule has 0 bridgehead atoms. The summed E-state index contributed by atoms with van der Waals surface area (Å²) in [4.78, 5) is 38.3. The van der Waals surface area contributed by atoms with Crippen molar-refractivity contribution >= 4 is 12.0 Å². The summed E-state index contributed by atoms with van der Waals surface area (Å²) in [6.07, 6.45) is -7.34. The van der Waals surface area contributed by atoms with E-state index in [4.69, 9.17) is 4.74 Å². The molecule has 202 valence electrons. The van der Waals surface area contributed by atoms with E-state index in [0.29, 0.717) is 6.07 Å². The number of hydrogen-bond donors (Lipinski definition) is 0. The van der Waals surface area contributed by atoms with Crippen LogP contribution in [0.5, 0.6) is 0 Å². The number of nitrogens with zero attached hydrogens (tertiary/aromatic N) is 6. The lowest BCUT2D eigenvalue weighted by atomic mass is 10.0. The Balaban J connectivity index is 1.86. The minimum absolute atomic E-state index is 0.146. The van der Waals surface area contributed by atoms with Crippen molar-refractivity contribution in [2.24, 2.45) is 5.29 Å². The Morgan fingerprint density at radius 3 is 2.32 bits per heavy atom. The van der Waals surface area contributed by atoms with Crippen LogP contribution in [0.4, 0.5) is 31.1 Å². The summed E-state index contributed by atoms with van der Waals surface area (Å²) in [5.41, 5.74) is -1.54. The first kappa shape index (κ1) is 27.9. The lowest BCUT2D eigenvalue weighted by Gasteiger charge is -2.31. The quantitative estimate of drug-likeness (QED) is 0.239. The van der Waals surface area contributed by atoms with Crippen molar-refractivity contribution in [2.45, 2.75) is 64.5 Å². The van der Waals surface area contributed by atoms with Gasteiger partial charge in [-0.25, -0.2) is 18.0 Å². The van der Waals surface area contributed by atoms with E-state index in [-0.39, 0.29) is 36.5 Å². The fourth-order valence-corrected chi connectivity index (χ4v) is 3.69. The largest absolute Gasteiger partial charge is 0.451 e. The zero-order chi connectivity index (χ0) is 27.7. The molecule has 0 saturated carbocycles. The molecule has 2 aromatic rings. The summed E-state index contributed by atoms with van der Waals surface area (Å²) in [6, 6.07) is -0.724. The van der Waals surface area contributed by atoms with Crippen molar-refractivity contribution in [3.8, 4) is 0 Å². The van der Waals surface area contributed by atoms with Crippen molar-refractivity contribution in [2.75, 3.05) is 6.54 Å². The fourth-order valence-electron chi connectivity index (χ4n) is 3.69. The molecule has 1 aliphatic rings. The first-order chi connectivity index (χ1) is 17.1. The Bertz CT molecular complexity index is 1200. The van der Waals surface area contributed by atoms with E-state index in [1.165, 1.54) is 20.8 Å². The van der Waals surface area contributed by atoms with Crippen LogP contribution in [-0.4, -0.2) is 54.9 Å². The molecule has 16 heteroatoms. The molecule has 0 fully saturated rings. The Labute approximate surface area is 206 Å². The van der Waals surface area contributed by atoms with E-state index in [2.05, 4.69) is 15.5 Å². The van der Waals surface area contributed by atoms with E-state index in [1.54, 1.807) is 0 Å². The zero-order valence-corrected chi connectivity index (χ0v) is 19.9. The van der Waals surface area contributed by atoms with Gasteiger partial charge in [0.25, 0.3) is 0 Å². The number of carbonyl (C=O) groups is 2. The molecule has 1 atom stereocenters. The monoisotopic (exact) mass is 536 g/mol. The van der Waals surface area contributed by atoms with Gasteiger partial charge < -0.3 is 14.2 Å². The standard InChI is InChI=1S/C21H22F6N6O4/c1-20(2,3)37-19(35)33(30-36)12(6-11-7-14(23)15(24)9-13(11)22)8-17(34)31-4-5-32-16(10-31)28-29-18(32)21(25,26)27/h7,9,12H,4-6,8,10H2,1-3H3/t12-/m1/s1. The highest BCUT2D eigenvalue weighted by Gasteiger charge is 2.40. The van der Waals surface area contributed by atoms with Gasteiger partial charge >= 0.3 is 12.3 Å². The van der Waals surface area contributed by atoms with Crippen molar-refractivity contribution in [3.63, 3.8) is 0 Å². The van der Waals surface area contributed by atoms with Gasteiger partial charge in [-0.05, 0) is 38.8 Å². The lowest BCUT2D eigenvalue weighted by molar-refractivity contribution is -0.148. The number of amides is 2. The molecule has 1 aliphatic heterocycles. The van der Waals surface area contributed by atoms with E-state index >= 15 is 0 Å². The molecule has 2 amide bonds. The minimum atomic E-state index is -4.75. The predicted octanol–water partition coefficient (Wildman–Crippen LogP) is 3.98. The third kappa shape index (κ3) is 6.54. The van der Waals surface area contributed by atoms with Crippen molar-refractivity contribution in [3.05, 3.63) is 51.7 Å². The van der Waals surface area contributed by atoms with Crippen LogP contribution in [0, 0.1) is 22.4 Å². The van der Waals surface area contributed by atoms with Gasteiger partial charge in [0.1, 0.15) is 11.4 Å². The number of benzene rings is 1. The first-order valence-electron chi connectivity index (χ1n) is 10.9. The number of nitroso groups, excluding NO2 is 1. The van der Waals surface area contributed by atoms with Gasteiger partial charge in [0.2, 0.25) is 11.7 Å². The maximum absolute atomic E-state index is 14.3. The van der Waals surface area contributed by atoms with Gasteiger partial charge in [0.05, 0.1) is 17.9 Å². The highest BCUT2D eigenvalue weighted by Crippen LogP contribution is 2.30. The van der Waals surface area contributed by atoms with Crippen LogP contribution in [-0.2, 0) is 35.2 Å². The molecule has 0 aliphatic carbocycles. The summed E-state index contributed by atoms with van der Waals surface area (Å²) in [6.45, 7) is 3.62. The SMILES string of the molecule is CC(C)(C)OC(=O)N(N=O)[C@@H](CC(=O)N1CCn2c(nnc2C(F)(F)F)C1)Cc1cc(F)c(F)cc1F. The number of ether oxygens (including phenoxy) is 1. The van der Waals surface area contributed by atoms with Gasteiger partial charge in [-0.3, -0.25) is 4.79 Å². The normalized spacial score (nSPS) is 14.7. The van der Waals surface area contributed by atoms with Crippen LogP contribution in [0.2, 0.25) is 0 Å². The molecule has 2 heterocycles. The topological polar surface area (TPSA) is 110 Å². The van der Waals surface area contributed by atoms with Crippen LogP contribution in [0.25, 0.3) is 0 Å². The second kappa shape index (κ2) is 10.3. The molecule has 10 nitrogen and oxygen atoms in total. The Kier molecular flexibility index (Phi) is 7.78. The van der Waals surface area contributed by atoms with Gasteiger partial charge in [-0.1, -0.05) is 0 Å². The summed E-state index contributed by atoms with van der Waals surface area (Å²) in [5, 5.41) is 9.44. The predicted molar refractivity (Wildman–Crippen MR) is 113 cm³/mol. The maximum Gasteiger partial charge on any atom is 0.451 e. The van der Waals surface area contributed by atoms with Gasteiger partial charge in [-0.2, -0.15) is 18.2 Å². The number of aromatic nitrogens is 3. The van der Waals surface area contributed by atoms with Crippen LogP contribution in [0.3, 0.4) is 0 Å². The molecule has 0 N–H and O–H groups in total. The second-order valence-electron chi connectivity index (χ2n) is 9.23. The number of hydrogen-bond acceptors (Lipinski definition) is 7. The summed E-state index contributed by atoms with van der Waals surface area (Å²) in [5.74, 6) is -6.19. The third-order valence-corrected chi connectivity index (χ3v) is 5.33. The van der Waals surface area contributed by atoms with Gasteiger partial charge in [0, 0.05) is 25.6 Å². The molecular formula is C21H22F6N6O4. The second-order valence-corrected chi connectivity index (χ2v) is 9.23. The summed E-state index contributed by atoms with van der Waals surface area (Å²) in [7, 11) is 0. The fraction of sp³-hybridized carbons (Fsp3) is 0.524. The number of rotatable bonds is 6. The zero-order valence-electron chi connectivity index (χ0n) is 19.9. The minimum Gasteiger partial charge on any atom is -0.442 e. The average molecular weight is 536 g/mol. The molecule has 37 heavy (non-hydrogen) atoms.